The molecule has 2 atom stereocenters. The molecule has 0 aliphatic carbocycles. The number of nitrogens with zero attached hydrogens (tertiary/aromatic N) is 2. The molecule has 3 rings (SSSR count). The van der Waals surface area contributed by atoms with Gasteiger partial charge in [0.2, 0.25) is 0 Å². The van der Waals surface area contributed by atoms with Gasteiger partial charge in [-0.2, -0.15) is 0 Å². The predicted molar refractivity (Wildman–Crippen MR) is 90.9 cm³/mol. The fourth-order valence-corrected chi connectivity index (χ4v) is 3.30. The number of hydrogen-bond donors (Lipinski definition) is 1. The summed E-state index contributed by atoms with van der Waals surface area (Å²) in [7, 11) is 0. The van der Waals surface area contributed by atoms with E-state index < -0.39 is 0 Å². The molecule has 1 aromatic heterocycles. The summed E-state index contributed by atoms with van der Waals surface area (Å²) in [6.07, 6.45) is 2.34. The molecule has 1 aromatic carbocycles. The molecule has 0 radical (unpaired) electrons. The van der Waals surface area contributed by atoms with Gasteiger partial charge in [0.05, 0.1) is 29.8 Å². The molecule has 2 unspecified atom stereocenters. The lowest BCUT2D eigenvalue weighted by molar-refractivity contribution is -0.0652. The van der Waals surface area contributed by atoms with Gasteiger partial charge in [-0.05, 0) is 38.5 Å². The molecule has 0 saturated carbocycles. The first-order valence-electron chi connectivity index (χ1n) is 8.44. The van der Waals surface area contributed by atoms with Gasteiger partial charge in [-0.25, -0.2) is 4.98 Å². The molecule has 5 nitrogen and oxygen atoms in total. The third-order valence-electron chi connectivity index (χ3n) is 4.20. The molecule has 23 heavy (non-hydrogen) atoms. The zero-order valence-electron chi connectivity index (χ0n) is 14.1. The van der Waals surface area contributed by atoms with Crippen LogP contribution < -0.4 is 0 Å². The Morgan fingerprint density at radius 2 is 2.09 bits per heavy atom. The highest BCUT2D eigenvalue weighted by Crippen LogP contribution is 2.17. The highest BCUT2D eigenvalue weighted by molar-refractivity contribution is 6.00. The average molecular weight is 315 g/mol. The molecule has 1 N–H and O–H groups in total. The fourth-order valence-electron chi connectivity index (χ4n) is 3.30. The van der Waals surface area contributed by atoms with Crippen molar-refractivity contribution >= 4 is 16.8 Å². The first-order valence-corrected chi connectivity index (χ1v) is 8.44. The Morgan fingerprint density at radius 3 is 2.78 bits per heavy atom. The van der Waals surface area contributed by atoms with E-state index in [1.807, 2.05) is 18.2 Å². The van der Waals surface area contributed by atoms with E-state index >= 15 is 0 Å². The number of aromatic nitrogens is 2. The maximum Gasteiger partial charge on any atom is 0.176 e. The number of carbonyl (C=O) groups is 1. The first-order chi connectivity index (χ1) is 11.0. The van der Waals surface area contributed by atoms with E-state index in [1.54, 1.807) is 0 Å². The van der Waals surface area contributed by atoms with Gasteiger partial charge in [0.1, 0.15) is 5.82 Å². The number of Topliss-reactive ketones (excluding diaryl/α,β-unsaturated/α-hetero) is 1. The summed E-state index contributed by atoms with van der Waals surface area (Å²) < 4.78 is 5.72. The van der Waals surface area contributed by atoms with Crippen molar-refractivity contribution in [1.82, 2.24) is 14.9 Å². The van der Waals surface area contributed by atoms with Crippen LogP contribution in [0.5, 0.6) is 0 Å². The summed E-state index contributed by atoms with van der Waals surface area (Å²) in [5.41, 5.74) is 2.62. The minimum atomic E-state index is 0.153. The molecule has 0 spiro atoms. The van der Waals surface area contributed by atoms with Gasteiger partial charge in [-0.3, -0.25) is 9.69 Å². The number of nitrogens with one attached hydrogen (secondary N) is 1. The van der Waals surface area contributed by atoms with Crippen LogP contribution in [-0.4, -0.2) is 52.5 Å². The minimum absolute atomic E-state index is 0.153. The zero-order valence-corrected chi connectivity index (χ0v) is 14.1. The van der Waals surface area contributed by atoms with Gasteiger partial charge in [0.15, 0.2) is 5.78 Å². The summed E-state index contributed by atoms with van der Waals surface area (Å²) >= 11 is 0. The average Bonchev–Trinajstić information content (AvgIpc) is 2.87. The molecule has 0 amide bonds. The van der Waals surface area contributed by atoms with Gasteiger partial charge < -0.3 is 9.72 Å². The Balaban J connectivity index is 1.72. The van der Waals surface area contributed by atoms with Crippen LogP contribution in [0.2, 0.25) is 0 Å². The van der Waals surface area contributed by atoms with Crippen LogP contribution in [0.15, 0.2) is 18.2 Å². The van der Waals surface area contributed by atoms with Crippen LogP contribution in [0.3, 0.4) is 0 Å². The van der Waals surface area contributed by atoms with Crippen LogP contribution >= 0.6 is 0 Å². The highest BCUT2D eigenvalue weighted by Gasteiger charge is 2.24. The van der Waals surface area contributed by atoms with E-state index in [1.165, 1.54) is 0 Å². The molecule has 1 aliphatic heterocycles. The minimum Gasteiger partial charge on any atom is -0.373 e. The zero-order chi connectivity index (χ0) is 16.4. The lowest BCUT2D eigenvalue weighted by atomic mass is 10.1. The Kier molecular flexibility index (Phi) is 4.78. The second-order valence-corrected chi connectivity index (χ2v) is 6.54. The molecule has 1 fully saturated rings. The number of ether oxygens (including phenoxy) is 1. The van der Waals surface area contributed by atoms with Gasteiger partial charge in [0, 0.05) is 25.1 Å². The Labute approximate surface area is 137 Å². The standard InChI is InChI=1S/C18H25N3O2/c1-4-5-18-19-15-7-6-14(8-16(15)20-18)17(22)11-21-9-12(2)23-13(3)10-21/h6-8,12-13H,4-5,9-11H2,1-3H3,(H,19,20). The number of rotatable bonds is 5. The maximum absolute atomic E-state index is 12.6. The Bertz CT molecular complexity index is 685. The maximum atomic E-state index is 12.6. The number of fused-ring (bicyclic) bond motifs is 1. The van der Waals surface area contributed by atoms with Crippen LogP contribution in [0, 0.1) is 0 Å². The lowest BCUT2D eigenvalue weighted by Gasteiger charge is -2.34. The van der Waals surface area contributed by atoms with Crippen molar-refractivity contribution in [2.45, 2.75) is 45.8 Å². The normalized spacial score (nSPS) is 22.6. The monoisotopic (exact) mass is 315 g/mol. The molecule has 2 heterocycles. The summed E-state index contributed by atoms with van der Waals surface area (Å²) in [5.74, 6) is 1.14. The van der Waals surface area contributed by atoms with E-state index in [4.69, 9.17) is 4.74 Å². The number of morpholine rings is 1. The van der Waals surface area contributed by atoms with Crippen molar-refractivity contribution in [2.75, 3.05) is 19.6 Å². The Hall–Kier alpha value is -1.72. The van der Waals surface area contributed by atoms with Gasteiger partial charge in [-0.15, -0.1) is 0 Å². The van der Waals surface area contributed by atoms with E-state index in [2.05, 4.69) is 35.6 Å². The number of aryl methyl sites for hydroxylation is 1. The third-order valence-corrected chi connectivity index (χ3v) is 4.20. The van der Waals surface area contributed by atoms with Crippen molar-refractivity contribution in [1.29, 1.82) is 0 Å². The van der Waals surface area contributed by atoms with Crippen molar-refractivity contribution in [2.24, 2.45) is 0 Å². The smallest absolute Gasteiger partial charge is 0.176 e. The molecule has 2 aromatic rings. The number of ketones is 1. The number of hydrogen-bond acceptors (Lipinski definition) is 4. The quantitative estimate of drug-likeness (QED) is 0.862. The number of benzene rings is 1. The second-order valence-electron chi connectivity index (χ2n) is 6.54. The molecule has 0 bridgehead atoms. The van der Waals surface area contributed by atoms with Crippen LogP contribution in [0.1, 0.15) is 43.4 Å². The Morgan fingerprint density at radius 1 is 1.35 bits per heavy atom. The largest absolute Gasteiger partial charge is 0.373 e. The first kappa shape index (κ1) is 16.1. The SMILES string of the molecule is CCCc1nc2ccc(C(=O)CN3CC(C)OC(C)C3)cc2[nH]1. The van der Waals surface area contributed by atoms with E-state index in [9.17, 15) is 4.79 Å². The van der Waals surface area contributed by atoms with Crippen molar-refractivity contribution in [3.63, 3.8) is 0 Å². The molecular formula is C18H25N3O2. The van der Waals surface area contributed by atoms with Gasteiger partial charge >= 0.3 is 0 Å². The van der Waals surface area contributed by atoms with E-state index in [0.717, 1.165) is 48.4 Å². The summed E-state index contributed by atoms with van der Waals surface area (Å²) in [5, 5.41) is 0. The van der Waals surface area contributed by atoms with E-state index in [0.29, 0.717) is 6.54 Å². The molecule has 124 valence electrons. The van der Waals surface area contributed by atoms with Crippen LogP contribution in [-0.2, 0) is 11.2 Å². The van der Waals surface area contributed by atoms with Gasteiger partial charge in [-0.1, -0.05) is 6.92 Å². The molecule has 1 saturated heterocycles. The number of imidazole rings is 1. The molecule has 1 aliphatic rings. The third kappa shape index (κ3) is 3.79. The van der Waals surface area contributed by atoms with Gasteiger partial charge in [0.25, 0.3) is 0 Å². The summed E-state index contributed by atoms with van der Waals surface area (Å²) in [6, 6.07) is 5.74. The highest BCUT2D eigenvalue weighted by atomic mass is 16.5. The fraction of sp³-hybridized carbons (Fsp3) is 0.556. The summed E-state index contributed by atoms with van der Waals surface area (Å²) in [6.45, 7) is 8.30. The van der Waals surface area contributed by atoms with Crippen LogP contribution in [0.4, 0.5) is 0 Å². The summed E-state index contributed by atoms with van der Waals surface area (Å²) in [4.78, 5) is 22.6. The number of aromatic amines is 1. The van der Waals surface area contributed by atoms with Crippen LogP contribution in [0.25, 0.3) is 11.0 Å². The van der Waals surface area contributed by atoms with Crippen molar-refractivity contribution in [3.8, 4) is 0 Å². The lowest BCUT2D eigenvalue weighted by Crippen LogP contribution is -2.47. The molecular weight excluding hydrogens is 290 g/mol. The number of H-pyrrole nitrogens is 1. The van der Waals surface area contributed by atoms with Crippen molar-refractivity contribution < 1.29 is 9.53 Å². The predicted octanol–water partition coefficient (Wildman–Crippen LogP) is 2.81. The molecule has 5 heteroatoms. The number of carbonyl (C=O) groups excluding carboxylic acids is 1. The second kappa shape index (κ2) is 6.81. The van der Waals surface area contributed by atoms with E-state index in [-0.39, 0.29) is 18.0 Å². The topological polar surface area (TPSA) is 58.2 Å². The van der Waals surface area contributed by atoms with Crippen molar-refractivity contribution in [3.05, 3.63) is 29.6 Å².